The van der Waals surface area contributed by atoms with Crippen LogP contribution in [0.3, 0.4) is 0 Å². The molecule has 20 heavy (non-hydrogen) atoms. The lowest BCUT2D eigenvalue weighted by molar-refractivity contribution is 0.143. The van der Waals surface area contributed by atoms with E-state index in [-0.39, 0.29) is 0 Å². The van der Waals surface area contributed by atoms with Gasteiger partial charge in [0, 0.05) is 19.8 Å². The monoisotopic (exact) mass is 275 g/mol. The predicted octanol–water partition coefficient (Wildman–Crippen LogP) is 3.16. The molecule has 1 N–H and O–H groups in total. The van der Waals surface area contributed by atoms with Gasteiger partial charge in [0.2, 0.25) is 0 Å². The van der Waals surface area contributed by atoms with Gasteiger partial charge in [-0.3, -0.25) is 4.68 Å². The molecule has 0 amide bonds. The Morgan fingerprint density at radius 1 is 1.45 bits per heavy atom. The van der Waals surface area contributed by atoms with Crippen molar-refractivity contribution in [1.29, 1.82) is 0 Å². The quantitative estimate of drug-likeness (QED) is 0.775. The number of fused-ring (bicyclic) bond motifs is 2. The number of aromatic nitrogens is 2. The molecule has 0 radical (unpaired) electrons. The third-order valence-corrected chi connectivity index (χ3v) is 5.68. The van der Waals surface area contributed by atoms with Crippen LogP contribution < -0.4 is 5.32 Å². The number of hydrogen-bond donors (Lipinski definition) is 1. The first-order valence-electron chi connectivity index (χ1n) is 8.40. The third kappa shape index (κ3) is 2.78. The summed E-state index contributed by atoms with van der Waals surface area (Å²) in [5.74, 6) is 2.01. The standard InChI is InChI=1S/C17H29N3/c1-3-8-18-13-17(10-14-4-5-16(17)9-14)7-6-15-11-19-20(2)12-15/h11-12,14,16,18H,3-10,13H2,1-2H3. The van der Waals surface area contributed by atoms with Gasteiger partial charge in [-0.05, 0) is 67.9 Å². The number of nitrogens with one attached hydrogen (secondary N) is 1. The van der Waals surface area contributed by atoms with Gasteiger partial charge in [0.25, 0.3) is 0 Å². The van der Waals surface area contributed by atoms with E-state index in [4.69, 9.17) is 0 Å². The van der Waals surface area contributed by atoms with Crippen molar-refractivity contribution in [3.63, 3.8) is 0 Å². The largest absolute Gasteiger partial charge is 0.316 e. The van der Waals surface area contributed by atoms with Crippen LogP contribution in [0, 0.1) is 17.3 Å². The minimum Gasteiger partial charge on any atom is -0.316 e. The first kappa shape index (κ1) is 14.1. The van der Waals surface area contributed by atoms with Gasteiger partial charge in [-0.25, -0.2) is 0 Å². The molecule has 0 aromatic carbocycles. The van der Waals surface area contributed by atoms with E-state index in [2.05, 4.69) is 23.5 Å². The Hall–Kier alpha value is -0.830. The molecule has 0 aliphatic heterocycles. The number of aryl methyl sites for hydroxylation is 2. The van der Waals surface area contributed by atoms with Gasteiger partial charge in [-0.2, -0.15) is 5.10 Å². The highest BCUT2D eigenvalue weighted by molar-refractivity contribution is 5.08. The summed E-state index contributed by atoms with van der Waals surface area (Å²) in [6, 6.07) is 0. The van der Waals surface area contributed by atoms with Crippen LogP contribution in [-0.4, -0.2) is 22.9 Å². The summed E-state index contributed by atoms with van der Waals surface area (Å²) in [5.41, 5.74) is 1.98. The second kappa shape index (κ2) is 5.88. The van der Waals surface area contributed by atoms with E-state index in [1.165, 1.54) is 63.6 Å². The van der Waals surface area contributed by atoms with Gasteiger partial charge in [-0.1, -0.05) is 13.3 Å². The van der Waals surface area contributed by atoms with Crippen molar-refractivity contribution in [3.05, 3.63) is 18.0 Å². The van der Waals surface area contributed by atoms with E-state index in [1.54, 1.807) is 0 Å². The zero-order valence-corrected chi connectivity index (χ0v) is 13.1. The van der Waals surface area contributed by atoms with Gasteiger partial charge >= 0.3 is 0 Å². The molecule has 2 fully saturated rings. The summed E-state index contributed by atoms with van der Waals surface area (Å²) in [6.45, 7) is 4.67. The Kier molecular flexibility index (Phi) is 4.16. The van der Waals surface area contributed by atoms with Crippen LogP contribution in [-0.2, 0) is 13.5 Å². The predicted molar refractivity (Wildman–Crippen MR) is 82.6 cm³/mol. The van der Waals surface area contributed by atoms with E-state index >= 15 is 0 Å². The fourth-order valence-corrected chi connectivity index (χ4v) is 4.68. The first-order chi connectivity index (χ1) is 9.72. The zero-order chi connectivity index (χ0) is 14.0. The molecule has 112 valence electrons. The molecular formula is C17H29N3. The van der Waals surface area contributed by atoms with Crippen LogP contribution in [0.25, 0.3) is 0 Å². The normalized spacial score (nSPS) is 32.1. The van der Waals surface area contributed by atoms with Crippen molar-refractivity contribution < 1.29 is 0 Å². The Balaban J connectivity index is 1.63. The molecule has 3 heteroatoms. The Bertz CT molecular complexity index is 439. The van der Waals surface area contributed by atoms with Gasteiger partial charge < -0.3 is 5.32 Å². The second-order valence-electron chi connectivity index (χ2n) is 7.14. The lowest BCUT2D eigenvalue weighted by Crippen LogP contribution is -2.39. The minimum atomic E-state index is 0.577. The summed E-state index contributed by atoms with van der Waals surface area (Å²) in [4.78, 5) is 0. The van der Waals surface area contributed by atoms with Crippen LogP contribution in [0.1, 0.15) is 51.0 Å². The number of nitrogens with zero attached hydrogens (tertiary/aromatic N) is 2. The highest BCUT2D eigenvalue weighted by atomic mass is 15.2. The van der Waals surface area contributed by atoms with Crippen molar-refractivity contribution in [2.75, 3.05) is 13.1 Å². The van der Waals surface area contributed by atoms with Crippen molar-refractivity contribution in [3.8, 4) is 0 Å². The SMILES string of the molecule is CCCNCC1(CCc2cnn(C)c2)CC2CCC1C2. The van der Waals surface area contributed by atoms with Gasteiger partial charge in [-0.15, -0.1) is 0 Å². The van der Waals surface area contributed by atoms with Crippen molar-refractivity contribution in [2.45, 2.75) is 51.9 Å². The molecule has 0 saturated heterocycles. The molecule has 2 saturated carbocycles. The highest BCUT2D eigenvalue weighted by Gasteiger charge is 2.49. The van der Waals surface area contributed by atoms with E-state index in [0.717, 1.165) is 11.8 Å². The second-order valence-corrected chi connectivity index (χ2v) is 7.14. The molecule has 2 bridgehead atoms. The average molecular weight is 275 g/mol. The smallest absolute Gasteiger partial charge is 0.0521 e. The van der Waals surface area contributed by atoms with Gasteiger partial charge in [0.05, 0.1) is 6.20 Å². The van der Waals surface area contributed by atoms with E-state index in [0.29, 0.717) is 5.41 Å². The number of hydrogen-bond acceptors (Lipinski definition) is 2. The molecule has 1 aromatic rings. The van der Waals surface area contributed by atoms with Gasteiger partial charge in [0.1, 0.15) is 0 Å². The maximum atomic E-state index is 4.31. The van der Waals surface area contributed by atoms with Crippen LogP contribution in [0.5, 0.6) is 0 Å². The van der Waals surface area contributed by atoms with E-state index in [1.807, 2.05) is 17.9 Å². The molecule has 0 spiro atoms. The average Bonchev–Trinajstić information content (AvgIpc) is 3.13. The molecule has 1 heterocycles. The fourth-order valence-electron chi connectivity index (χ4n) is 4.68. The molecule has 1 aromatic heterocycles. The molecule has 3 nitrogen and oxygen atoms in total. The molecule has 2 aliphatic carbocycles. The lowest BCUT2D eigenvalue weighted by Gasteiger charge is -2.38. The summed E-state index contributed by atoms with van der Waals surface area (Å²) in [6.07, 6.45) is 13.9. The topological polar surface area (TPSA) is 29.9 Å². The first-order valence-corrected chi connectivity index (χ1v) is 8.40. The minimum absolute atomic E-state index is 0.577. The van der Waals surface area contributed by atoms with Crippen LogP contribution >= 0.6 is 0 Å². The van der Waals surface area contributed by atoms with Crippen molar-refractivity contribution in [1.82, 2.24) is 15.1 Å². The zero-order valence-electron chi connectivity index (χ0n) is 13.1. The highest BCUT2D eigenvalue weighted by Crippen LogP contribution is 2.57. The van der Waals surface area contributed by atoms with Crippen molar-refractivity contribution >= 4 is 0 Å². The van der Waals surface area contributed by atoms with E-state index < -0.39 is 0 Å². The number of rotatable bonds is 7. The van der Waals surface area contributed by atoms with Crippen LogP contribution in [0.15, 0.2) is 12.4 Å². The van der Waals surface area contributed by atoms with Crippen LogP contribution in [0.4, 0.5) is 0 Å². The molecular weight excluding hydrogens is 246 g/mol. The summed E-state index contributed by atoms with van der Waals surface area (Å²) in [5, 5.41) is 8.03. The van der Waals surface area contributed by atoms with Gasteiger partial charge in [0.15, 0.2) is 0 Å². The summed E-state index contributed by atoms with van der Waals surface area (Å²) >= 11 is 0. The molecule has 2 aliphatic rings. The van der Waals surface area contributed by atoms with E-state index in [9.17, 15) is 0 Å². The summed E-state index contributed by atoms with van der Waals surface area (Å²) in [7, 11) is 2.01. The molecule has 3 unspecified atom stereocenters. The Morgan fingerprint density at radius 2 is 2.35 bits per heavy atom. The molecule has 3 rings (SSSR count). The van der Waals surface area contributed by atoms with Crippen LogP contribution in [0.2, 0.25) is 0 Å². The lowest BCUT2D eigenvalue weighted by atomic mass is 9.69. The maximum absolute atomic E-state index is 4.31. The maximum Gasteiger partial charge on any atom is 0.0521 e. The third-order valence-electron chi connectivity index (χ3n) is 5.68. The summed E-state index contributed by atoms with van der Waals surface area (Å²) < 4.78 is 1.93. The molecule has 3 atom stereocenters. The fraction of sp³-hybridized carbons (Fsp3) is 0.824. The van der Waals surface area contributed by atoms with Crippen molar-refractivity contribution in [2.24, 2.45) is 24.3 Å². The Morgan fingerprint density at radius 3 is 2.95 bits per heavy atom. The Labute approximate surface area is 123 Å².